The Balaban J connectivity index is 1.39. The van der Waals surface area contributed by atoms with Crippen molar-refractivity contribution in [2.45, 2.75) is 24.9 Å². The summed E-state index contributed by atoms with van der Waals surface area (Å²) in [6.07, 6.45) is 19.3. The Bertz CT molecular complexity index is 765. The van der Waals surface area contributed by atoms with Crippen molar-refractivity contribution in [3.05, 3.63) is 97.1 Å². The zero-order valence-corrected chi connectivity index (χ0v) is 14.8. The van der Waals surface area contributed by atoms with E-state index in [4.69, 9.17) is 0 Å². The van der Waals surface area contributed by atoms with E-state index in [0.717, 1.165) is 24.2 Å². The van der Waals surface area contributed by atoms with Gasteiger partial charge in [-0.3, -0.25) is 0 Å². The minimum atomic E-state index is 0.389. The average Bonchev–Trinajstić information content (AvgIpc) is 2.71. The maximum absolute atomic E-state index is 3.55. The van der Waals surface area contributed by atoms with Gasteiger partial charge in [-0.1, -0.05) is 72.9 Å². The van der Waals surface area contributed by atoms with Gasteiger partial charge in [-0.25, -0.2) is 0 Å². The SMILES string of the molecule is C1=CCC(Nc2ccc(-c3ccc(NC4C=CC=CC4)cc3)cc2)C=C1. The third-order valence-electron chi connectivity index (χ3n) is 4.77. The van der Waals surface area contributed by atoms with E-state index in [2.05, 4.69) is 108 Å². The fourth-order valence-corrected chi connectivity index (χ4v) is 3.32. The van der Waals surface area contributed by atoms with Crippen LogP contribution in [-0.2, 0) is 0 Å². The molecule has 2 N–H and O–H groups in total. The third-order valence-corrected chi connectivity index (χ3v) is 4.77. The summed E-state index contributed by atoms with van der Waals surface area (Å²) in [7, 11) is 0. The topological polar surface area (TPSA) is 24.1 Å². The lowest BCUT2D eigenvalue weighted by Crippen LogP contribution is -2.16. The fraction of sp³-hybridized carbons (Fsp3) is 0.167. The second-order valence-electron chi connectivity index (χ2n) is 6.75. The Labute approximate surface area is 155 Å². The molecular formula is C24H24N2. The molecule has 0 heterocycles. The Morgan fingerprint density at radius 2 is 0.962 bits per heavy atom. The Morgan fingerprint density at radius 3 is 1.31 bits per heavy atom. The second-order valence-corrected chi connectivity index (χ2v) is 6.75. The quantitative estimate of drug-likeness (QED) is 0.703. The first-order valence-electron chi connectivity index (χ1n) is 9.27. The van der Waals surface area contributed by atoms with Crippen LogP contribution >= 0.6 is 0 Å². The first-order valence-corrected chi connectivity index (χ1v) is 9.27. The van der Waals surface area contributed by atoms with Gasteiger partial charge in [0.25, 0.3) is 0 Å². The van der Waals surface area contributed by atoms with Crippen LogP contribution in [0.1, 0.15) is 12.8 Å². The van der Waals surface area contributed by atoms with Gasteiger partial charge in [-0.05, 0) is 48.2 Å². The van der Waals surface area contributed by atoms with Crippen molar-refractivity contribution in [1.29, 1.82) is 0 Å². The van der Waals surface area contributed by atoms with Gasteiger partial charge in [0, 0.05) is 23.5 Å². The average molecular weight is 340 g/mol. The van der Waals surface area contributed by atoms with Gasteiger partial charge >= 0.3 is 0 Å². The molecule has 0 bridgehead atoms. The molecule has 4 rings (SSSR count). The molecule has 2 unspecified atom stereocenters. The highest BCUT2D eigenvalue weighted by Gasteiger charge is 2.07. The minimum Gasteiger partial charge on any atom is -0.379 e. The number of hydrogen-bond donors (Lipinski definition) is 2. The van der Waals surface area contributed by atoms with Crippen molar-refractivity contribution < 1.29 is 0 Å². The van der Waals surface area contributed by atoms with Crippen LogP contribution in [0.5, 0.6) is 0 Å². The number of rotatable bonds is 5. The predicted octanol–water partition coefficient (Wildman–Crippen LogP) is 5.95. The Morgan fingerprint density at radius 1 is 0.538 bits per heavy atom. The molecule has 2 aliphatic rings. The van der Waals surface area contributed by atoms with Gasteiger partial charge in [0.1, 0.15) is 0 Å². The highest BCUT2D eigenvalue weighted by molar-refractivity contribution is 5.68. The van der Waals surface area contributed by atoms with E-state index in [1.54, 1.807) is 0 Å². The van der Waals surface area contributed by atoms with E-state index in [-0.39, 0.29) is 0 Å². The second kappa shape index (κ2) is 7.92. The van der Waals surface area contributed by atoms with E-state index < -0.39 is 0 Å². The Kier molecular flexibility index (Phi) is 5.02. The molecule has 2 aromatic rings. The summed E-state index contributed by atoms with van der Waals surface area (Å²) in [5.74, 6) is 0. The molecule has 0 radical (unpaired) electrons. The predicted molar refractivity (Wildman–Crippen MR) is 112 cm³/mol. The number of anilines is 2. The maximum Gasteiger partial charge on any atom is 0.0482 e. The van der Waals surface area contributed by atoms with Gasteiger partial charge in [-0.2, -0.15) is 0 Å². The number of benzene rings is 2. The summed E-state index contributed by atoms with van der Waals surface area (Å²) in [6, 6.07) is 18.1. The van der Waals surface area contributed by atoms with Gasteiger partial charge in [0.05, 0.1) is 0 Å². The molecule has 2 heteroatoms. The van der Waals surface area contributed by atoms with E-state index in [9.17, 15) is 0 Å². The third kappa shape index (κ3) is 4.15. The monoisotopic (exact) mass is 340 g/mol. The maximum atomic E-state index is 3.55. The largest absolute Gasteiger partial charge is 0.379 e. The Hall–Kier alpha value is -3.00. The molecule has 0 saturated carbocycles. The molecule has 26 heavy (non-hydrogen) atoms. The summed E-state index contributed by atoms with van der Waals surface area (Å²) >= 11 is 0. The van der Waals surface area contributed by atoms with Crippen LogP contribution in [0, 0.1) is 0 Å². The molecule has 2 nitrogen and oxygen atoms in total. The van der Waals surface area contributed by atoms with Crippen LogP contribution in [0.3, 0.4) is 0 Å². The molecule has 0 aromatic heterocycles. The van der Waals surface area contributed by atoms with Crippen molar-refractivity contribution in [2.24, 2.45) is 0 Å². The lowest BCUT2D eigenvalue weighted by molar-refractivity contribution is 0.883. The van der Waals surface area contributed by atoms with Gasteiger partial charge in [-0.15, -0.1) is 0 Å². The summed E-state index contributed by atoms with van der Waals surface area (Å²) < 4.78 is 0. The molecule has 130 valence electrons. The van der Waals surface area contributed by atoms with Crippen LogP contribution in [0.25, 0.3) is 11.1 Å². The van der Waals surface area contributed by atoms with E-state index in [0.29, 0.717) is 12.1 Å². The van der Waals surface area contributed by atoms with Crippen LogP contribution in [0.15, 0.2) is 97.1 Å². The lowest BCUT2D eigenvalue weighted by atomic mass is 10.0. The van der Waals surface area contributed by atoms with Crippen LogP contribution in [-0.4, -0.2) is 12.1 Å². The zero-order chi connectivity index (χ0) is 17.6. The van der Waals surface area contributed by atoms with Crippen molar-refractivity contribution in [3.8, 4) is 11.1 Å². The van der Waals surface area contributed by atoms with Crippen molar-refractivity contribution in [3.63, 3.8) is 0 Å². The first kappa shape index (κ1) is 16.5. The number of nitrogens with one attached hydrogen (secondary N) is 2. The molecule has 0 saturated heterocycles. The minimum absolute atomic E-state index is 0.389. The molecule has 2 atom stereocenters. The first-order chi connectivity index (χ1) is 12.9. The van der Waals surface area contributed by atoms with Crippen LogP contribution in [0.4, 0.5) is 11.4 Å². The zero-order valence-electron chi connectivity index (χ0n) is 14.8. The molecule has 2 aromatic carbocycles. The van der Waals surface area contributed by atoms with Crippen LogP contribution in [0.2, 0.25) is 0 Å². The van der Waals surface area contributed by atoms with Gasteiger partial charge in [0.2, 0.25) is 0 Å². The van der Waals surface area contributed by atoms with Crippen LogP contribution < -0.4 is 10.6 Å². The summed E-state index contributed by atoms with van der Waals surface area (Å²) in [4.78, 5) is 0. The molecular weight excluding hydrogens is 316 g/mol. The molecule has 0 spiro atoms. The van der Waals surface area contributed by atoms with Crippen molar-refractivity contribution in [1.82, 2.24) is 0 Å². The van der Waals surface area contributed by atoms with E-state index >= 15 is 0 Å². The standard InChI is InChI=1S/C24H24N2/c1-3-7-21(8-4-1)25-23-15-11-19(12-16-23)20-13-17-24(18-14-20)26-22-9-5-2-6-10-22/h1-7,9,11-18,21-22,25-26H,8,10H2. The molecule has 0 aliphatic heterocycles. The van der Waals surface area contributed by atoms with Crippen molar-refractivity contribution in [2.75, 3.05) is 10.6 Å². The normalized spacial score (nSPS) is 20.9. The summed E-state index contributed by atoms with van der Waals surface area (Å²) in [6.45, 7) is 0. The van der Waals surface area contributed by atoms with Crippen molar-refractivity contribution >= 4 is 11.4 Å². The molecule has 0 amide bonds. The van der Waals surface area contributed by atoms with E-state index in [1.165, 1.54) is 11.1 Å². The highest BCUT2D eigenvalue weighted by atomic mass is 14.9. The molecule has 2 aliphatic carbocycles. The molecule has 0 fully saturated rings. The van der Waals surface area contributed by atoms with E-state index in [1.807, 2.05) is 0 Å². The smallest absolute Gasteiger partial charge is 0.0482 e. The summed E-state index contributed by atoms with van der Waals surface area (Å²) in [5.41, 5.74) is 4.80. The summed E-state index contributed by atoms with van der Waals surface area (Å²) in [5, 5.41) is 7.11. The number of hydrogen-bond acceptors (Lipinski definition) is 2. The van der Waals surface area contributed by atoms with Gasteiger partial charge < -0.3 is 10.6 Å². The highest BCUT2D eigenvalue weighted by Crippen LogP contribution is 2.24. The lowest BCUT2D eigenvalue weighted by Gasteiger charge is -2.17. The number of allylic oxidation sites excluding steroid dienone is 4. The van der Waals surface area contributed by atoms with Gasteiger partial charge in [0.15, 0.2) is 0 Å². The fourth-order valence-electron chi connectivity index (χ4n) is 3.32.